The van der Waals surface area contributed by atoms with Crippen molar-refractivity contribution >= 4 is 5.91 Å². The minimum atomic E-state index is 0.0593. The van der Waals surface area contributed by atoms with Crippen LogP contribution in [0.25, 0.3) is 0 Å². The van der Waals surface area contributed by atoms with Crippen molar-refractivity contribution in [3.8, 4) is 0 Å². The van der Waals surface area contributed by atoms with Gasteiger partial charge < -0.3 is 20.1 Å². The highest BCUT2D eigenvalue weighted by Gasteiger charge is 2.25. The molecule has 1 saturated heterocycles. The number of carbonyl (C=O) groups excluding carboxylic acids is 1. The van der Waals surface area contributed by atoms with Gasteiger partial charge in [-0.2, -0.15) is 0 Å². The van der Waals surface area contributed by atoms with Gasteiger partial charge in [-0.25, -0.2) is 0 Å². The summed E-state index contributed by atoms with van der Waals surface area (Å²) in [5.74, 6) is 0.401. The Kier molecular flexibility index (Phi) is 5.08. The zero-order valence-electron chi connectivity index (χ0n) is 12.9. The molecule has 2 atom stereocenters. The van der Waals surface area contributed by atoms with Crippen LogP contribution >= 0.6 is 0 Å². The first-order valence-electron chi connectivity index (χ1n) is 8.03. The van der Waals surface area contributed by atoms with Crippen LogP contribution in [0.5, 0.6) is 0 Å². The lowest BCUT2D eigenvalue weighted by atomic mass is 9.81. The van der Waals surface area contributed by atoms with Gasteiger partial charge in [0.2, 0.25) is 5.91 Å². The number of nitrogens with zero attached hydrogens (tertiary/aromatic N) is 1. The lowest BCUT2D eigenvalue weighted by Gasteiger charge is -2.30. The van der Waals surface area contributed by atoms with Gasteiger partial charge in [-0.05, 0) is 24.0 Å². The van der Waals surface area contributed by atoms with Crippen LogP contribution < -0.4 is 5.73 Å². The van der Waals surface area contributed by atoms with E-state index in [-0.39, 0.29) is 18.6 Å². The number of ether oxygens (including phenoxy) is 2. The van der Waals surface area contributed by atoms with Crippen LogP contribution in [0.3, 0.4) is 0 Å². The number of morpholine rings is 1. The van der Waals surface area contributed by atoms with E-state index in [1.54, 1.807) is 0 Å². The number of hydrogen-bond acceptors (Lipinski definition) is 4. The molecule has 22 heavy (non-hydrogen) atoms. The molecule has 1 aliphatic heterocycles. The van der Waals surface area contributed by atoms with Crippen molar-refractivity contribution in [2.24, 2.45) is 5.73 Å². The summed E-state index contributed by atoms with van der Waals surface area (Å²) in [7, 11) is 0. The maximum absolute atomic E-state index is 12.1. The standard InChI is InChI=1S/C17H24N2O3/c18-16-6-5-13(14-3-1-2-4-15(14)16)11-22-12-17(20)19-7-9-21-10-8-19/h1-4,13,16H,5-12,18H2/t13-,16-/m0/s1. The summed E-state index contributed by atoms with van der Waals surface area (Å²) < 4.78 is 11.0. The Bertz CT molecular complexity index is 514. The quantitative estimate of drug-likeness (QED) is 0.914. The maximum atomic E-state index is 12.1. The predicted octanol–water partition coefficient (Wildman–Crippen LogP) is 1.44. The van der Waals surface area contributed by atoms with Gasteiger partial charge in [0, 0.05) is 25.0 Å². The number of carbonyl (C=O) groups is 1. The molecule has 1 fully saturated rings. The molecule has 5 heteroatoms. The van der Waals surface area contributed by atoms with Gasteiger partial charge in [-0.1, -0.05) is 24.3 Å². The van der Waals surface area contributed by atoms with Crippen LogP contribution in [0, 0.1) is 0 Å². The van der Waals surface area contributed by atoms with Crippen LogP contribution in [-0.2, 0) is 14.3 Å². The van der Waals surface area contributed by atoms with Crippen molar-refractivity contribution in [1.82, 2.24) is 4.90 Å². The highest BCUT2D eigenvalue weighted by Crippen LogP contribution is 2.36. The number of fused-ring (bicyclic) bond motifs is 1. The average molecular weight is 304 g/mol. The van der Waals surface area contributed by atoms with Crippen LogP contribution in [0.1, 0.15) is 35.9 Å². The molecule has 1 aromatic carbocycles. The van der Waals surface area contributed by atoms with Crippen molar-refractivity contribution in [3.05, 3.63) is 35.4 Å². The summed E-state index contributed by atoms with van der Waals surface area (Å²) in [5, 5.41) is 0. The molecule has 1 aliphatic carbocycles. The third kappa shape index (κ3) is 3.48. The monoisotopic (exact) mass is 304 g/mol. The van der Waals surface area contributed by atoms with E-state index in [4.69, 9.17) is 15.2 Å². The van der Waals surface area contributed by atoms with Crippen molar-refractivity contribution in [1.29, 1.82) is 0 Å². The van der Waals surface area contributed by atoms with Gasteiger partial charge in [-0.3, -0.25) is 4.79 Å². The Labute approximate surface area is 131 Å². The molecule has 0 spiro atoms. The molecule has 1 heterocycles. The molecule has 0 saturated carbocycles. The largest absolute Gasteiger partial charge is 0.378 e. The summed E-state index contributed by atoms with van der Waals surface area (Å²) in [6, 6.07) is 8.44. The Morgan fingerprint density at radius 1 is 1.23 bits per heavy atom. The van der Waals surface area contributed by atoms with Gasteiger partial charge in [0.25, 0.3) is 0 Å². The normalized spacial score (nSPS) is 24.9. The first kappa shape index (κ1) is 15.5. The Balaban J connectivity index is 1.52. The first-order valence-corrected chi connectivity index (χ1v) is 8.03. The number of amides is 1. The van der Waals surface area contributed by atoms with E-state index >= 15 is 0 Å². The fraction of sp³-hybridized carbons (Fsp3) is 0.588. The average Bonchev–Trinajstić information content (AvgIpc) is 2.58. The molecule has 1 amide bonds. The molecule has 2 N–H and O–H groups in total. The Morgan fingerprint density at radius 2 is 1.95 bits per heavy atom. The topological polar surface area (TPSA) is 64.8 Å². The van der Waals surface area contributed by atoms with E-state index < -0.39 is 0 Å². The second-order valence-corrected chi connectivity index (χ2v) is 6.02. The molecule has 1 aromatic rings. The highest BCUT2D eigenvalue weighted by molar-refractivity contribution is 5.77. The number of rotatable bonds is 4. The van der Waals surface area contributed by atoms with E-state index in [1.807, 2.05) is 17.0 Å². The molecule has 0 radical (unpaired) electrons. The molecular formula is C17H24N2O3. The fourth-order valence-corrected chi connectivity index (χ4v) is 3.28. The molecule has 0 bridgehead atoms. The minimum absolute atomic E-state index is 0.0593. The van der Waals surface area contributed by atoms with Crippen molar-refractivity contribution < 1.29 is 14.3 Å². The molecule has 0 unspecified atom stereocenters. The molecular weight excluding hydrogens is 280 g/mol. The SMILES string of the molecule is N[C@H]1CC[C@@H](COCC(=O)N2CCOCC2)c2ccccc21. The fourth-order valence-electron chi connectivity index (χ4n) is 3.28. The van der Waals surface area contributed by atoms with Gasteiger partial charge in [0.05, 0.1) is 19.8 Å². The molecule has 2 aliphatic rings. The second-order valence-electron chi connectivity index (χ2n) is 6.02. The van der Waals surface area contributed by atoms with E-state index in [1.165, 1.54) is 11.1 Å². The third-order valence-electron chi connectivity index (χ3n) is 4.57. The van der Waals surface area contributed by atoms with Crippen molar-refractivity contribution in [2.75, 3.05) is 39.5 Å². The van der Waals surface area contributed by atoms with Gasteiger partial charge in [-0.15, -0.1) is 0 Å². The molecule has 120 valence electrons. The number of hydrogen-bond donors (Lipinski definition) is 1. The van der Waals surface area contributed by atoms with Gasteiger partial charge in [0.15, 0.2) is 0 Å². The maximum Gasteiger partial charge on any atom is 0.248 e. The third-order valence-corrected chi connectivity index (χ3v) is 4.57. The van der Waals surface area contributed by atoms with E-state index in [2.05, 4.69) is 12.1 Å². The Morgan fingerprint density at radius 3 is 2.73 bits per heavy atom. The van der Waals surface area contributed by atoms with Gasteiger partial charge >= 0.3 is 0 Å². The van der Waals surface area contributed by atoms with Crippen LogP contribution in [0.4, 0.5) is 0 Å². The zero-order valence-corrected chi connectivity index (χ0v) is 12.9. The highest BCUT2D eigenvalue weighted by atomic mass is 16.5. The minimum Gasteiger partial charge on any atom is -0.378 e. The van der Waals surface area contributed by atoms with Crippen LogP contribution in [0.2, 0.25) is 0 Å². The lowest BCUT2D eigenvalue weighted by molar-refractivity contribution is -0.140. The van der Waals surface area contributed by atoms with Crippen LogP contribution in [-0.4, -0.2) is 50.3 Å². The second kappa shape index (κ2) is 7.22. The molecule has 5 nitrogen and oxygen atoms in total. The molecule has 3 rings (SSSR count). The summed E-state index contributed by atoms with van der Waals surface area (Å²) in [6.07, 6.45) is 1.99. The van der Waals surface area contributed by atoms with E-state index in [0.29, 0.717) is 38.8 Å². The number of benzene rings is 1. The lowest BCUT2D eigenvalue weighted by Crippen LogP contribution is -2.42. The van der Waals surface area contributed by atoms with Crippen molar-refractivity contribution in [2.45, 2.75) is 24.8 Å². The van der Waals surface area contributed by atoms with E-state index in [9.17, 15) is 4.79 Å². The molecule has 0 aromatic heterocycles. The van der Waals surface area contributed by atoms with Gasteiger partial charge in [0.1, 0.15) is 6.61 Å². The summed E-state index contributed by atoms with van der Waals surface area (Å²) in [5.41, 5.74) is 8.67. The van der Waals surface area contributed by atoms with Crippen molar-refractivity contribution in [3.63, 3.8) is 0 Å². The Hall–Kier alpha value is -1.43. The zero-order chi connectivity index (χ0) is 15.4. The first-order chi connectivity index (χ1) is 10.8. The van der Waals surface area contributed by atoms with Crippen LogP contribution in [0.15, 0.2) is 24.3 Å². The predicted molar refractivity (Wildman–Crippen MR) is 83.6 cm³/mol. The van der Waals surface area contributed by atoms with E-state index in [0.717, 1.165) is 12.8 Å². The summed E-state index contributed by atoms with van der Waals surface area (Å²) in [6.45, 7) is 3.33. The summed E-state index contributed by atoms with van der Waals surface area (Å²) in [4.78, 5) is 13.9. The smallest absolute Gasteiger partial charge is 0.248 e. The summed E-state index contributed by atoms with van der Waals surface area (Å²) >= 11 is 0. The number of nitrogens with two attached hydrogens (primary N) is 1.